The van der Waals surface area contributed by atoms with Crippen LogP contribution >= 0.6 is 0 Å². The highest BCUT2D eigenvalue weighted by Gasteiger charge is 2.38. The number of imide groups is 1. The van der Waals surface area contributed by atoms with Crippen molar-refractivity contribution in [2.24, 2.45) is 5.92 Å². The van der Waals surface area contributed by atoms with E-state index in [1.54, 1.807) is 11.9 Å². The number of aliphatic carboxylic acids is 1. The van der Waals surface area contributed by atoms with Gasteiger partial charge in [-0.25, -0.2) is 8.78 Å². The third-order valence-corrected chi connectivity index (χ3v) is 5.07. The van der Waals surface area contributed by atoms with Crippen molar-refractivity contribution >= 4 is 23.5 Å². The van der Waals surface area contributed by atoms with Gasteiger partial charge in [-0.1, -0.05) is 0 Å². The second-order valence-electron chi connectivity index (χ2n) is 6.60. The van der Waals surface area contributed by atoms with Crippen LogP contribution in [0.3, 0.4) is 0 Å². The van der Waals surface area contributed by atoms with Crippen molar-refractivity contribution in [1.82, 2.24) is 5.32 Å². The summed E-state index contributed by atoms with van der Waals surface area (Å²) in [4.78, 5) is 35.6. The van der Waals surface area contributed by atoms with E-state index in [0.29, 0.717) is 18.5 Å². The minimum atomic E-state index is -1.03. The Kier molecular flexibility index (Phi) is 4.45. The second-order valence-corrected chi connectivity index (χ2v) is 6.60. The van der Waals surface area contributed by atoms with Crippen LogP contribution in [0.5, 0.6) is 0 Å². The zero-order valence-corrected chi connectivity index (χ0v) is 13.6. The van der Waals surface area contributed by atoms with Gasteiger partial charge in [0.25, 0.3) is 0 Å². The van der Waals surface area contributed by atoms with E-state index in [-0.39, 0.29) is 24.4 Å². The minimum absolute atomic E-state index is 0.0373. The van der Waals surface area contributed by atoms with E-state index in [1.165, 1.54) is 0 Å². The molecule has 1 aliphatic carbocycles. The summed E-state index contributed by atoms with van der Waals surface area (Å²) in [6, 6.07) is 2.20. The van der Waals surface area contributed by atoms with Gasteiger partial charge in [0, 0.05) is 30.8 Å². The topological polar surface area (TPSA) is 86.7 Å². The van der Waals surface area contributed by atoms with Crippen LogP contribution in [0.15, 0.2) is 12.1 Å². The molecule has 0 radical (unpaired) electrons. The van der Waals surface area contributed by atoms with Crippen LogP contribution < -0.4 is 10.2 Å². The highest BCUT2D eigenvalue weighted by Crippen LogP contribution is 2.36. The Morgan fingerprint density at radius 3 is 2.36 bits per heavy atom. The molecule has 2 aliphatic rings. The number of anilines is 1. The van der Waals surface area contributed by atoms with Crippen LogP contribution in [-0.2, 0) is 14.4 Å². The normalized spacial score (nSPS) is 26.0. The fraction of sp³-hybridized carbons (Fsp3) is 0.471. The summed E-state index contributed by atoms with van der Waals surface area (Å²) in [5.41, 5.74) is -0.0425. The lowest BCUT2D eigenvalue weighted by atomic mass is 9.79. The molecule has 1 aromatic rings. The van der Waals surface area contributed by atoms with Crippen molar-refractivity contribution in [2.75, 3.05) is 11.9 Å². The van der Waals surface area contributed by atoms with Gasteiger partial charge in [-0.3, -0.25) is 19.7 Å². The summed E-state index contributed by atoms with van der Waals surface area (Å²) in [7, 11) is 1.66. The molecule has 2 fully saturated rings. The fourth-order valence-electron chi connectivity index (χ4n) is 3.39. The van der Waals surface area contributed by atoms with Gasteiger partial charge in [-0.05, 0) is 31.4 Å². The molecule has 1 aliphatic heterocycles. The Balaban J connectivity index is 1.80. The Bertz CT molecular complexity index is 723. The first-order valence-corrected chi connectivity index (χ1v) is 8.06. The summed E-state index contributed by atoms with van der Waals surface area (Å²) in [5, 5.41) is 11.0. The average molecular weight is 352 g/mol. The van der Waals surface area contributed by atoms with E-state index in [9.17, 15) is 23.2 Å². The number of nitrogens with zero attached hydrogens (tertiary/aromatic N) is 1. The first-order chi connectivity index (χ1) is 11.8. The molecule has 1 saturated carbocycles. The van der Waals surface area contributed by atoms with Crippen molar-refractivity contribution in [1.29, 1.82) is 0 Å². The third kappa shape index (κ3) is 3.20. The van der Waals surface area contributed by atoms with E-state index >= 15 is 0 Å². The predicted octanol–water partition coefficient (Wildman–Crippen LogP) is 1.78. The first-order valence-electron chi connectivity index (χ1n) is 8.06. The van der Waals surface area contributed by atoms with Crippen molar-refractivity contribution in [2.45, 2.75) is 37.6 Å². The van der Waals surface area contributed by atoms with Crippen LogP contribution in [0.2, 0.25) is 0 Å². The maximum Gasteiger partial charge on any atom is 0.306 e. The largest absolute Gasteiger partial charge is 0.481 e. The molecule has 8 heteroatoms. The Morgan fingerprint density at radius 1 is 1.24 bits per heavy atom. The molecule has 0 spiro atoms. The molecular weight excluding hydrogens is 334 g/mol. The molecule has 1 saturated heterocycles. The smallest absolute Gasteiger partial charge is 0.306 e. The number of halogens is 2. The van der Waals surface area contributed by atoms with Gasteiger partial charge in [0.2, 0.25) is 11.8 Å². The van der Waals surface area contributed by atoms with Crippen molar-refractivity contribution in [3.8, 4) is 0 Å². The van der Waals surface area contributed by atoms with Crippen molar-refractivity contribution in [3.05, 3.63) is 29.3 Å². The number of amides is 2. The number of rotatable bonds is 4. The Labute approximate surface area is 142 Å². The highest BCUT2D eigenvalue weighted by atomic mass is 19.1. The van der Waals surface area contributed by atoms with Gasteiger partial charge in [0.15, 0.2) is 0 Å². The molecule has 1 heterocycles. The molecule has 25 heavy (non-hydrogen) atoms. The van der Waals surface area contributed by atoms with Gasteiger partial charge in [0.1, 0.15) is 11.6 Å². The molecule has 2 N–H and O–H groups in total. The fourth-order valence-corrected chi connectivity index (χ4v) is 3.39. The molecular formula is C17H18F2N2O4. The second kappa shape index (κ2) is 6.42. The predicted molar refractivity (Wildman–Crippen MR) is 84.0 cm³/mol. The lowest BCUT2D eigenvalue weighted by molar-refractivity contribution is -0.145. The molecule has 0 aromatic heterocycles. The summed E-state index contributed by atoms with van der Waals surface area (Å²) >= 11 is 0. The summed E-state index contributed by atoms with van der Waals surface area (Å²) in [5.74, 6) is -5.15. The number of nitrogens with one attached hydrogen (secondary N) is 1. The molecule has 1 atom stereocenters. The molecule has 1 unspecified atom stereocenters. The van der Waals surface area contributed by atoms with E-state index in [2.05, 4.69) is 5.32 Å². The maximum absolute atomic E-state index is 14.5. The van der Waals surface area contributed by atoms with Crippen molar-refractivity contribution < 1.29 is 28.3 Å². The van der Waals surface area contributed by atoms with Crippen LogP contribution in [0, 0.1) is 17.6 Å². The molecule has 6 nitrogen and oxygen atoms in total. The monoisotopic (exact) mass is 352 g/mol. The van der Waals surface area contributed by atoms with Gasteiger partial charge in [0.05, 0.1) is 11.8 Å². The zero-order valence-electron chi connectivity index (χ0n) is 13.6. The number of carboxylic acids is 1. The standard InChI is InChI=1S/C17H18F2N2O4/c1-21(9-4-8(5-9)17(24)25)10-6-12(18)15(13(19)7-10)11-2-3-14(22)20-16(11)23/h6-9,11H,2-5H2,1H3,(H,24,25)(H,20,22,23). The lowest BCUT2D eigenvalue weighted by Gasteiger charge is -2.40. The van der Waals surface area contributed by atoms with Gasteiger partial charge < -0.3 is 10.0 Å². The van der Waals surface area contributed by atoms with Crippen LogP contribution in [-0.4, -0.2) is 36.0 Å². The highest BCUT2D eigenvalue weighted by molar-refractivity contribution is 6.01. The number of carboxylic acid groups (broad SMARTS) is 1. The SMILES string of the molecule is CN(c1cc(F)c(C2CCC(=O)NC2=O)c(F)c1)C1CC(C(=O)O)C1. The third-order valence-electron chi connectivity index (χ3n) is 5.07. The molecule has 2 amide bonds. The van der Waals surface area contributed by atoms with E-state index in [4.69, 9.17) is 5.11 Å². The number of piperidine rings is 1. The number of hydrogen-bond acceptors (Lipinski definition) is 4. The number of carbonyl (C=O) groups excluding carboxylic acids is 2. The van der Waals surface area contributed by atoms with Gasteiger partial charge >= 0.3 is 5.97 Å². The summed E-state index contributed by atoms with van der Waals surface area (Å²) in [6.45, 7) is 0. The lowest BCUT2D eigenvalue weighted by Crippen LogP contribution is -2.45. The molecule has 3 rings (SSSR count). The average Bonchev–Trinajstić information content (AvgIpc) is 2.46. The van der Waals surface area contributed by atoms with E-state index in [1.807, 2.05) is 0 Å². The molecule has 1 aromatic carbocycles. The molecule has 134 valence electrons. The Morgan fingerprint density at radius 2 is 1.84 bits per heavy atom. The zero-order chi connectivity index (χ0) is 18.3. The van der Waals surface area contributed by atoms with Crippen molar-refractivity contribution in [3.63, 3.8) is 0 Å². The van der Waals surface area contributed by atoms with Crippen LogP contribution in [0.1, 0.15) is 37.2 Å². The number of hydrogen-bond donors (Lipinski definition) is 2. The van der Waals surface area contributed by atoms with Crippen LogP contribution in [0.25, 0.3) is 0 Å². The quantitative estimate of drug-likeness (QED) is 0.807. The van der Waals surface area contributed by atoms with Gasteiger partial charge in [-0.2, -0.15) is 0 Å². The van der Waals surface area contributed by atoms with E-state index < -0.39 is 41.3 Å². The maximum atomic E-state index is 14.5. The summed E-state index contributed by atoms with van der Waals surface area (Å²) < 4.78 is 29.0. The number of benzene rings is 1. The minimum Gasteiger partial charge on any atom is -0.481 e. The first kappa shape index (κ1) is 17.3. The van der Waals surface area contributed by atoms with E-state index in [0.717, 1.165) is 12.1 Å². The molecule has 0 bridgehead atoms. The van der Waals surface area contributed by atoms with Gasteiger partial charge in [-0.15, -0.1) is 0 Å². The number of carbonyl (C=O) groups is 3. The van der Waals surface area contributed by atoms with Crippen LogP contribution in [0.4, 0.5) is 14.5 Å². The Hall–Kier alpha value is -2.51. The summed E-state index contributed by atoms with van der Waals surface area (Å²) in [6.07, 6.45) is 0.945.